The van der Waals surface area contributed by atoms with Gasteiger partial charge in [0.1, 0.15) is 17.0 Å². The zero-order valence-corrected chi connectivity index (χ0v) is 18.3. The van der Waals surface area contributed by atoms with Gasteiger partial charge in [0.05, 0.1) is 17.6 Å². The largest absolute Gasteiger partial charge is 0.494 e. The average Bonchev–Trinajstić information content (AvgIpc) is 3.38. The first kappa shape index (κ1) is 22.2. The van der Waals surface area contributed by atoms with Gasteiger partial charge < -0.3 is 14.9 Å². The molecule has 9 nitrogen and oxygen atoms in total. The van der Waals surface area contributed by atoms with E-state index in [1.807, 2.05) is 0 Å². The van der Waals surface area contributed by atoms with E-state index in [2.05, 4.69) is 27.5 Å². The molecule has 0 radical (unpaired) electrons. The van der Waals surface area contributed by atoms with Crippen LogP contribution in [-0.2, 0) is 0 Å². The fraction of sp³-hybridized carbons (Fsp3) is 0.292. The van der Waals surface area contributed by atoms with Crippen molar-refractivity contribution in [3.8, 4) is 17.3 Å². The summed E-state index contributed by atoms with van der Waals surface area (Å²) in [5.41, 5.74) is 6.13. The highest BCUT2D eigenvalue weighted by Gasteiger charge is 2.21. The molecule has 0 unspecified atom stereocenters. The molecular weight excluding hydrogens is 422 g/mol. The number of para-hydroxylation sites is 1. The van der Waals surface area contributed by atoms with Crippen molar-refractivity contribution in [1.29, 1.82) is 0 Å². The third kappa shape index (κ3) is 4.77. The minimum atomic E-state index is -0.464. The molecule has 0 aliphatic heterocycles. The Hall–Kier alpha value is -4.01. The molecule has 9 heteroatoms. The maximum absolute atomic E-state index is 13.2. The topological polar surface area (TPSA) is 137 Å². The second-order valence-electron chi connectivity index (χ2n) is 7.71. The van der Waals surface area contributed by atoms with Crippen LogP contribution >= 0.6 is 0 Å². The van der Waals surface area contributed by atoms with Gasteiger partial charge in [0.2, 0.25) is 17.0 Å². The fourth-order valence-electron chi connectivity index (χ4n) is 3.59. The lowest BCUT2D eigenvalue weighted by Crippen LogP contribution is -2.12. The molecule has 33 heavy (non-hydrogen) atoms. The first-order valence-corrected chi connectivity index (χ1v) is 11.0. The second kappa shape index (κ2) is 10.1. The number of nitrogens with zero attached hydrogens (tertiary/aromatic N) is 3. The van der Waals surface area contributed by atoms with Crippen molar-refractivity contribution in [2.75, 3.05) is 12.3 Å². The molecule has 170 valence electrons. The summed E-state index contributed by atoms with van der Waals surface area (Å²) < 4.78 is 11.6. The van der Waals surface area contributed by atoms with Crippen molar-refractivity contribution in [3.05, 3.63) is 63.8 Å². The number of aromatic nitrogens is 4. The van der Waals surface area contributed by atoms with Gasteiger partial charge in [-0.15, -0.1) is 10.2 Å². The highest BCUT2D eigenvalue weighted by molar-refractivity contribution is 6.15. The van der Waals surface area contributed by atoms with Crippen molar-refractivity contribution in [2.45, 2.75) is 39.0 Å². The van der Waals surface area contributed by atoms with E-state index in [0.717, 1.165) is 12.8 Å². The molecule has 0 bridgehead atoms. The number of H-pyrrole nitrogens is 1. The maximum Gasteiger partial charge on any atom is 0.242 e. The second-order valence-corrected chi connectivity index (χ2v) is 7.71. The first-order chi connectivity index (χ1) is 16.1. The van der Waals surface area contributed by atoms with Crippen LogP contribution in [0.3, 0.4) is 0 Å². The number of ketones is 1. The first-order valence-electron chi connectivity index (χ1n) is 11.0. The van der Waals surface area contributed by atoms with Gasteiger partial charge in [-0.25, -0.2) is 0 Å². The SMILES string of the molecule is CCCCCCCOc1ccc(C(=O)c2cccc3c(=O)c(N)c(-c4nn[nH]n4)oc23)cc1. The molecule has 0 aliphatic carbocycles. The molecule has 0 saturated heterocycles. The molecule has 0 spiro atoms. The number of rotatable bonds is 10. The minimum Gasteiger partial charge on any atom is -0.494 e. The number of tetrazole rings is 1. The molecule has 3 N–H and O–H groups in total. The molecule has 4 rings (SSSR count). The van der Waals surface area contributed by atoms with Gasteiger partial charge >= 0.3 is 0 Å². The van der Waals surface area contributed by atoms with E-state index < -0.39 is 5.43 Å². The molecule has 2 aromatic carbocycles. The van der Waals surface area contributed by atoms with Crippen LogP contribution in [0.4, 0.5) is 5.69 Å². The van der Waals surface area contributed by atoms with Crippen LogP contribution in [0.25, 0.3) is 22.6 Å². The molecule has 4 aromatic rings. The van der Waals surface area contributed by atoms with Gasteiger partial charge in [-0.1, -0.05) is 38.7 Å². The number of carbonyl (C=O) groups excluding carboxylic acids is 1. The molecule has 0 saturated carbocycles. The third-order valence-electron chi connectivity index (χ3n) is 5.38. The number of ether oxygens (including phenoxy) is 1. The lowest BCUT2D eigenvalue weighted by Gasteiger charge is -2.09. The summed E-state index contributed by atoms with van der Waals surface area (Å²) in [7, 11) is 0. The van der Waals surface area contributed by atoms with Crippen LogP contribution in [0.5, 0.6) is 5.75 Å². The number of hydrogen-bond donors (Lipinski definition) is 2. The summed E-state index contributed by atoms with van der Waals surface area (Å²) in [5, 5.41) is 13.6. The minimum absolute atomic E-state index is 0.0324. The number of benzene rings is 2. The summed E-state index contributed by atoms with van der Waals surface area (Å²) in [5.74, 6) is 0.409. The number of anilines is 1. The lowest BCUT2D eigenvalue weighted by atomic mass is 10.0. The number of aromatic amines is 1. The molecule has 0 fully saturated rings. The standard InChI is InChI=1S/C24H25N5O4/c1-2-3-4-5-6-14-32-16-12-10-15(11-13-16)20(30)17-8-7-9-18-21(31)19(25)23(33-22(17)18)24-26-28-29-27-24/h7-13H,2-6,14,25H2,1H3,(H,26,27,28,29). The highest BCUT2D eigenvalue weighted by Crippen LogP contribution is 2.28. The smallest absolute Gasteiger partial charge is 0.242 e. The Morgan fingerprint density at radius 2 is 1.88 bits per heavy atom. The van der Waals surface area contributed by atoms with Gasteiger partial charge in [0.25, 0.3) is 0 Å². The average molecular weight is 447 g/mol. The van der Waals surface area contributed by atoms with E-state index in [-0.39, 0.29) is 39.6 Å². The van der Waals surface area contributed by atoms with Crippen LogP contribution in [0.2, 0.25) is 0 Å². The van der Waals surface area contributed by atoms with Gasteiger partial charge in [-0.2, -0.15) is 5.21 Å². The summed E-state index contributed by atoms with van der Waals surface area (Å²) in [6, 6.07) is 11.7. The van der Waals surface area contributed by atoms with Gasteiger partial charge in [0, 0.05) is 5.56 Å². The van der Waals surface area contributed by atoms with Crippen molar-refractivity contribution in [2.24, 2.45) is 0 Å². The van der Waals surface area contributed by atoms with Crippen molar-refractivity contribution >= 4 is 22.4 Å². The summed E-state index contributed by atoms with van der Waals surface area (Å²) >= 11 is 0. The molecule has 0 aliphatic rings. The summed E-state index contributed by atoms with van der Waals surface area (Å²) in [4.78, 5) is 26.0. The molecule has 0 amide bonds. The lowest BCUT2D eigenvalue weighted by molar-refractivity contribution is 0.103. The number of unbranched alkanes of at least 4 members (excludes halogenated alkanes) is 4. The van der Waals surface area contributed by atoms with Crippen LogP contribution < -0.4 is 15.9 Å². The normalized spacial score (nSPS) is 11.1. The van der Waals surface area contributed by atoms with Crippen molar-refractivity contribution < 1.29 is 13.9 Å². The van der Waals surface area contributed by atoms with Crippen molar-refractivity contribution in [1.82, 2.24) is 20.6 Å². The van der Waals surface area contributed by atoms with E-state index in [9.17, 15) is 9.59 Å². The van der Waals surface area contributed by atoms with E-state index in [0.29, 0.717) is 17.9 Å². The number of hydrogen-bond acceptors (Lipinski definition) is 8. The van der Waals surface area contributed by atoms with E-state index in [1.54, 1.807) is 42.5 Å². The Morgan fingerprint density at radius 3 is 2.61 bits per heavy atom. The summed E-state index contributed by atoms with van der Waals surface area (Å²) in [6.07, 6.45) is 5.82. The maximum atomic E-state index is 13.2. The molecule has 2 heterocycles. The number of nitrogen functional groups attached to an aromatic ring is 1. The summed E-state index contributed by atoms with van der Waals surface area (Å²) in [6.45, 7) is 2.83. The fourth-order valence-corrected chi connectivity index (χ4v) is 3.59. The van der Waals surface area contributed by atoms with Crippen LogP contribution in [-0.4, -0.2) is 33.0 Å². The van der Waals surface area contributed by atoms with Crippen LogP contribution in [0, 0.1) is 0 Å². The highest BCUT2D eigenvalue weighted by atomic mass is 16.5. The Balaban J connectivity index is 1.57. The Labute approximate surface area is 190 Å². The van der Waals surface area contributed by atoms with Crippen LogP contribution in [0.1, 0.15) is 54.9 Å². The molecular formula is C24H25N5O4. The van der Waals surface area contributed by atoms with Gasteiger partial charge in [0.15, 0.2) is 5.78 Å². The van der Waals surface area contributed by atoms with Gasteiger partial charge in [-0.3, -0.25) is 9.59 Å². The van der Waals surface area contributed by atoms with E-state index >= 15 is 0 Å². The zero-order valence-electron chi connectivity index (χ0n) is 18.3. The zero-order chi connectivity index (χ0) is 23.2. The number of nitrogens with two attached hydrogens (primary N) is 1. The molecule has 2 aromatic heterocycles. The van der Waals surface area contributed by atoms with Crippen molar-refractivity contribution in [3.63, 3.8) is 0 Å². The number of fused-ring (bicyclic) bond motifs is 1. The Kier molecular flexibility index (Phi) is 6.77. The van der Waals surface area contributed by atoms with Crippen LogP contribution in [0.15, 0.2) is 51.7 Å². The quantitative estimate of drug-likeness (QED) is 0.273. The van der Waals surface area contributed by atoms with Gasteiger partial charge in [-0.05, 0) is 48.0 Å². The monoisotopic (exact) mass is 447 g/mol. The predicted octanol–water partition coefficient (Wildman–Crippen LogP) is 4.14. The predicted molar refractivity (Wildman–Crippen MR) is 124 cm³/mol. The Bertz CT molecular complexity index is 1300. The Morgan fingerprint density at radius 1 is 1.09 bits per heavy atom. The molecule has 0 atom stereocenters. The number of nitrogens with one attached hydrogen (secondary N) is 1. The number of carbonyl (C=O) groups is 1. The van der Waals surface area contributed by atoms with E-state index in [1.165, 1.54) is 19.3 Å². The van der Waals surface area contributed by atoms with E-state index in [4.69, 9.17) is 14.9 Å². The third-order valence-corrected chi connectivity index (χ3v) is 5.38.